The van der Waals surface area contributed by atoms with Gasteiger partial charge in [-0.15, -0.1) is 0 Å². The number of furan rings is 1. The van der Waals surface area contributed by atoms with Crippen molar-refractivity contribution in [1.82, 2.24) is 0 Å². The number of allylic oxidation sites excluding steroid dienone is 9. The first-order chi connectivity index (χ1) is 27.8. The summed E-state index contributed by atoms with van der Waals surface area (Å²) in [5, 5.41) is 4.76. The molecule has 0 radical (unpaired) electrons. The molecule has 3 aliphatic rings. The molecule has 8 aromatic rings. The van der Waals surface area contributed by atoms with Gasteiger partial charge in [0.15, 0.2) is 0 Å². The number of hydrogen-bond donors (Lipinski definition) is 0. The topological polar surface area (TPSA) is 16.4 Å². The summed E-state index contributed by atoms with van der Waals surface area (Å²) in [5.74, 6) is 0.747. The van der Waals surface area contributed by atoms with Crippen molar-refractivity contribution in [3.63, 3.8) is 0 Å². The maximum atomic E-state index is 6.18. The van der Waals surface area contributed by atoms with Crippen LogP contribution >= 0.6 is 0 Å². The highest BCUT2D eigenvalue weighted by molar-refractivity contribution is 6.19. The van der Waals surface area contributed by atoms with Crippen LogP contribution in [-0.2, 0) is 0 Å². The van der Waals surface area contributed by atoms with Crippen molar-refractivity contribution in [1.29, 1.82) is 0 Å². The van der Waals surface area contributed by atoms with Crippen LogP contribution < -0.4 is 4.90 Å². The maximum absolute atomic E-state index is 6.18. The third-order valence-corrected chi connectivity index (χ3v) is 11.9. The fourth-order valence-electron chi connectivity index (χ4n) is 9.14. The Hall–Kier alpha value is -6.90. The van der Waals surface area contributed by atoms with Gasteiger partial charge in [0.2, 0.25) is 0 Å². The highest BCUT2D eigenvalue weighted by Crippen LogP contribution is 2.45. The second kappa shape index (κ2) is 13.4. The number of hydrogen-bond acceptors (Lipinski definition) is 2. The Labute approximate surface area is 327 Å². The summed E-state index contributed by atoms with van der Waals surface area (Å²) >= 11 is 0. The molecule has 1 heterocycles. The molecule has 0 amide bonds. The summed E-state index contributed by atoms with van der Waals surface area (Å²) in [6.07, 6.45) is 20.6. The average Bonchev–Trinajstić information content (AvgIpc) is 3.66. The second-order valence-corrected chi connectivity index (χ2v) is 15.1. The molecule has 0 fully saturated rings. The van der Waals surface area contributed by atoms with Gasteiger partial charge in [-0.25, -0.2) is 0 Å². The zero-order valence-electron chi connectivity index (χ0n) is 31.0. The second-order valence-electron chi connectivity index (χ2n) is 15.1. The molecule has 3 aliphatic carbocycles. The molecule has 56 heavy (non-hydrogen) atoms. The van der Waals surface area contributed by atoms with E-state index >= 15 is 0 Å². The number of nitrogens with zero attached hydrogens (tertiary/aromatic N) is 1. The average molecular weight is 718 g/mol. The first-order valence-corrected chi connectivity index (χ1v) is 19.7. The van der Waals surface area contributed by atoms with E-state index in [1.54, 1.807) is 0 Å². The Morgan fingerprint density at radius 2 is 1.29 bits per heavy atom. The normalized spacial score (nSPS) is 17.1. The van der Waals surface area contributed by atoms with Gasteiger partial charge in [0.25, 0.3) is 0 Å². The fourth-order valence-corrected chi connectivity index (χ4v) is 9.14. The van der Waals surface area contributed by atoms with Crippen molar-refractivity contribution in [2.75, 3.05) is 4.90 Å². The summed E-state index contributed by atoms with van der Waals surface area (Å²) in [5.41, 5.74) is 15.4. The van der Waals surface area contributed by atoms with Crippen molar-refractivity contribution >= 4 is 60.9 Å². The van der Waals surface area contributed by atoms with Gasteiger partial charge in [-0.2, -0.15) is 0 Å². The predicted molar refractivity (Wildman–Crippen MR) is 236 cm³/mol. The van der Waals surface area contributed by atoms with Crippen molar-refractivity contribution in [2.24, 2.45) is 5.92 Å². The molecule has 1 aromatic heterocycles. The quantitative estimate of drug-likeness (QED) is 0.170. The van der Waals surface area contributed by atoms with Gasteiger partial charge in [0.1, 0.15) is 11.2 Å². The molecule has 0 spiro atoms. The molecule has 2 heteroatoms. The molecule has 7 aromatic carbocycles. The Morgan fingerprint density at radius 1 is 0.554 bits per heavy atom. The van der Waals surface area contributed by atoms with Crippen molar-refractivity contribution in [3.05, 3.63) is 223 Å². The highest BCUT2D eigenvalue weighted by Gasteiger charge is 2.28. The molecule has 266 valence electrons. The lowest BCUT2D eigenvalue weighted by atomic mass is 9.73. The summed E-state index contributed by atoms with van der Waals surface area (Å²) in [7, 11) is 0. The summed E-state index contributed by atoms with van der Waals surface area (Å²) < 4.78 is 6.18. The van der Waals surface area contributed by atoms with E-state index in [2.05, 4.69) is 193 Å². The van der Waals surface area contributed by atoms with Gasteiger partial charge in [-0.05, 0) is 111 Å². The molecule has 11 rings (SSSR count). The molecule has 0 saturated heterocycles. The van der Waals surface area contributed by atoms with Crippen molar-refractivity contribution in [3.8, 4) is 11.1 Å². The zero-order valence-corrected chi connectivity index (χ0v) is 31.0. The molecule has 0 saturated carbocycles. The van der Waals surface area contributed by atoms with Gasteiger partial charge in [0.05, 0.1) is 5.69 Å². The number of anilines is 3. The Morgan fingerprint density at radius 3 is 2.12 bits per heavy atom. The first kappa shape index (κ1) is 32.5. The number of rotatable bonds is 6. The van der Waals surface area contributed by atoms with Crippen LogP contribution in [0.5, 0.6) is 0 Å². The van der Waals surface area contributed by atoms with E-state index in [4.69, 9.17) is 4.42 Å². The van der Waals surface area contributed by atoms with Crippen molar-refractivity contribution < 1.29 is 4.42 Å². The Bertz CT molecular complexity index is 2970. The monoisotopic (exact) mass is 717 g/mol. The molecule has 2 atom stereocenters. The largest absolute Gasteiger partial charge is 0.456 e. The van der Waals surface area contributed by atoms with Gasteiger partial charge in [-0.1, -0.05) is 152 Å². The van der Waals surface area contributed by atoms with E-state index in [1.165, 1.54) is 60.7 Å². The Balaban J connectivity index is 0.990. The van der Waals surface area contributed by atoms with Crippen LogP contribution in [0.4, 0.5) is 17.1 Å². The molecule has 2 unspecified atom stereocenters. The minimum Gasteiger partial charge on any atom is -0.456 e. The number of benzene rings is 7. The number of para-hydroxylation sites is 2. The fraction of sp³-hybridized carbons (Fsp3) is 0.0741. The SMILES string of the molecule is C1=CC2C=C(c3ccc(N(c4ccc(-c5ccc6c(ccc7oc8ccccc8c76)c5)cc4)c4ccccc4C4=CCCC=C4)cc3)c3ccccc3C2C=C1. The third-order valence-electron chi connectivity index (χ3n) is 11.9. The lowest BCUT2D eigenvalue weighted by molar-refractivity contribution is 0.669. The van der Waals surface area contributed by atoms with Crippen molar-refractivity contribution in [2.45, 2.75) is 18.8 Å². The summed E-state index contributed by atoms with van der Waals surface area (Å²) in [4.78, 5) is 2.42. The minimum absolute atomic E-state index is 0.359. The molecule has 0 bridgehead atoms. The van der Waals surface area contributed by atoms with Crippen LogP contribution in [0, 0.1) is 5.92 Å². The lowest BCUT2D eigenvalue weighted by Gasteiger charge is -2.31. The van der Waals surface area contributed by atoms with Gasteiger partial charge in [-0.3, -0.25) is 0 Å². The van der Waals surface area contributed by atoms with Crippen LogP contribution in [0.1, 0.15) is 41.0 Å². The third kappa shape index (κ3) is 5.48. The van der Waals surface area contributed by atoms with Crippen LogP contribution in [0.15, 0.2) is 205 Å². The minimum atomic E-state index is 0.359. The van der Waals surface area contributed by atoms with Crippen LogP contribution in [0.2, 0.25) is 0 Å². The van der Waals surface area contributed by atoms with Crippen LogP contribution in [0.25, 0.3) is 55.0 Å². The van der Waals surface area contributed by atoms with E-state index in [-0.39, 0.29) is 0 Å². The molecule has 2 nitrogen and oxygen atoms in total. The van der Waals surface area contributed by atoms with Crippen LogP contribution in [0.3, 0.4) is 0 Å². The molecule has 0 aliphatic heterocycles. The molecule has 0 N–H and O–H groups in total. The smallest absolute Gasteiger partial charge is 0.136 e. The molecular weight excluding hydrogens is 679 g/mol. The van der Waals surface area contributed by atoms with E-state index in [9.17, 15) is 0 Å². The van der Waals surface area contributed by atoms with Gasteiger partial charge >= 0.3 is 0 Å². The first-order valence-electron chi connectivity index (χ1n) is 19.7. The van der Waals surface area contributed by atoms with E-state index in [0.29, 0.717) is 11.8 Å². The van der Waals surface area contributed by atoms with E-state index in [0.717, 1.165) is 46.5 Å². The standard InChI is InChI=1S/C54H39NO/c1-2-12-37(13-3-1)45-16-8-10-20-51(45)55(43-30-24-38(25-31-43)50-35-40-14-4-5-15-44(40)47-17-6-7-18-48(47)50)42-28-22-36(23-29-42)39-26-32-46-41(34-39)27-33-53-54(46)49-19-9-11-21-52(49)56-53/h2,4-35,40,44H,1,3H2. The van der Waals surface area contributed by atoms with Gasteiger partial charge in [0, 0.05) is 39.5 Å². The van der Waals surface area contributed by atoms with Crippen LogP contribution in [-0.4, -0.2) is 0 Å². The van der Waals surface area contributed by atoms with E-state index in [1.807, 2.05) is 12.1 Å². The van der Waals surface area contributed by atoms with Gasteiger partial charge < -0.3 is 9.32 Å². The number of fused-ring (bicyclic) bond motifs is 8. The molecular formula is C54H39NO. The lowest BCUT2D eigenvalue weighted by Crippen LogP contribution is -2.16. The zero-order chi connectivity index (χ0) is 37.0. The summed E-state index contributed by atoms with van der Waals surface area (Å²) in [6.45, 7) is 0. The predicted octanol–water partition coefficient (Wildman–Crippen LogP) is 14.9. The Kier molecular flexibility index (Phi) is 7.81. The highest BCUT2D eigenvalue weighted by atomic mass is 16.3. The van der Waals surface area contributed by atoms with E-state index < -0.39 is 0 Å². The maximum Gasteiger partial charge on any atom is 0.136 e. The summed E-state index contributed by atoms with van der Waals surface area (Å²) in [6, 6.07) is 55.4.